The highest BCUT2D eigenvalue weighted by Gasteiger charge is 2.32. The molecule has 8 nitrogen and oxygen atoms in total. The maximum absolute atomic E-state index is 12.7. The maximum atomic E-state index is 12.7. The zero-order chi connectivity index (χ0) is 22.4. The Kier molecular flexibility index (Phi) is 8.24. The minimum Gasteiger partial charge on any atom is -0.493 e. The molecule has 1 aromatic rings. The molecule has 2 rings (SSSR count). The van der Waals surface area contributed by atoms with Gasteiger partial charge >= 0.3 is 5.97 Å². The minimum atomic E-state index is -1.10. The molecule has 0 aromatic heterocycles. The van der Waals surface area contributed by atoms with Crippen LogP contribution in [0, 0.1) is 5.92 Å². The second-order valence-corrected chi connectivity index (χ2v) is 8.50. The number of nitrogens with zero attached hydrogens (tertiary/aromatic N) is 1. The fraction of sp³-hybridized carbons (Fsp3) is 0.400. The molecular weight excluding hydrogens is 428 g/mol. The predicted molar refractivity (Wildman–Crippen MR) is 118 cm³/mol. The number of aliphatic carboxylic acids is 1. The molecule has 0 radical (unpaired) electrons. The van der Waals surface area contributed by atoms with Gasteiger partial charge in [-0.2, -0.15) is 0 Å². The molecule has 0 saturated carbocycles. The highest BCUT2D eigenvalue weighted by atomic mass is 32.2. The average molecular weight is 453 g/mol. The zero-order valence-corrected chi connectivity index (χ0v) is 18.8. The Hall–Kier alpha value is -2.59. The van der Waals surface area contributed by atoms with E-state index in [9.17, 15) is 19.5 Å². The predicted octanol–water partition coefficient (Wildman–Crippen LogP) is 2.52. The number of rotatable bonds is 9. The van der Waals surface area contributed by atoms with Crippen LogP contribution in [0.1, 0.15) is 25.8 Å². The third kappa shape index (κ3) is 5.73. The first-order valence-electron chi connectivity index (χ1n) is 9.17. The van der Waals surface area contributed by atoms with Gasteiger partial charge in [-0.15, -0.1) is 0 Å². The number of hydrogen-bond donors (Lipinski definition) is 2. The fourth-order valence-corrected chi connectivity index (χ4v) is 4.07. The summed E-state index contributed by atoms with van der Waals surface area (Å²) >= 11 is 6.43. The number of thiocarbonyl (C=S) groups is 1. The van der Waals surface area contributed by atoms with Gasteiger partial charge in [0.15, 0.2) is 11.5 Å². The summed E-state index contributed by atoms with van der Waals surface area (Å²) in [6.45, 7) is 3.49. The van der Waals surface area contributed by atoms with Crippen LogP contribution in [-0.4, -0.2) is 58.9 Å². The smallest absolute Gasteiger partial charge is 0.326 e. The molecule has 0 spiro atoms. The standard InChI is InChI=1S/C20H24N2O6S2/c1-11(2)17(19(25)26)21-16(23)7-8-22-18(24)15(30-20(22)29)10-12-5-6-13(27-3)14(9-12)28-4/h5-6,9-11,17H,7-8H2,1-4H3,(H,21,23)(H,25,26)/b15-10+/t17-/m1/s1. The summed E-state index contributed by atoms with van der Waals surface area (Å²) in [5, 5.41) is 11.7. The van der Waals surface area contributed by atoms with Crippen molar-refractivity contribution in [1.29, 1.82) is 0 Å². The van der Waals surface area contributed by atoms with E-state index < -0.39 is 17.9 Å². The lowest BCUT2D eigenvalue weighted by Crippen LogP contribution is -2.45. The highest BCUT2D eigenvalue weighted by molar-refractivity contribution is 8.26. The molecule has 0 bridgehead atoms. The lowest BCUT2D eigenvalue weighted by Gasteiger charge is -2.19. The largest absolute Gasteiger partial charge is 0.493 e. The Labute approximate surface area is 184 Å². The molecule has 1 aromatic carbocycles. The number of thioether (sulfide) groups is 1. The summed E-state index contributed by atoms with van der Waals surface area (Å²) in [4.78, 5) is 37.8. The van der Waals surface area contributed by atoms with Gasteiger partial charge in [-0.1, -0.05) is 43.9 Å². The third-order valence-corrected chi connectivity index (χ3v) is 5.77. The number of carboxylic acid groups (broad SMARTS) is 1. The molecule has 30 heavy (non-hydrogen) atoms. The molecule has 1 fully saturated rings. The average Bonchev–Trinajstić information content (AvgIpc) is 2.96. The van der Waals surface area contributed by atoms with Gasteiger partial charge in [0.25, 0.3) is 5.91 Å². The van der Waals surface area contributed by atoms with E-state index >= 15 is 0 Å². The molecule has 1 heterocycles. The number of benzene rings is 1. The van der Waals surface area contributed by atoms with E-state index in [2.05, 4.69) is 5.32 Å². The second kappa shape index (κ2) is 10.4. The van der Waals surface area contributed by atoms with Gasteiger partial charge in [-0.3, -0.25) is 14.5 Å². The molecule has 10 heteroatoms. The number of carboxylic acids is 1. The van der Waals surface area contributed by atoms with Crippen LogP contribution in [0.2, 0.25) is 0 Å². The monoisotopic (exact) mass is 452 g/mol. The SMILES string of the molecule is COc1ccc(/C=C2/SC(=S)N(CCC(=O)N[C@@H](C(=O)O)C(C)C)C2=O)cc1OC. The highest BCUT2D eigenvalue weighted by Crippen LogP contribution is 2.34. The lowest BCUT2D eigenvalue weighted by molar-refractivity contribution is -0.143. The number of amides is 2. The van der Waals surface area contributed by atoms with Gasteiger partial charge in [0.2, 0.25) is 5.91 Å². The molecule has 1 aliphatic heterocycles. The number of carbonyl (C=O) groups excluding carboxylic acids is 2. The fourth-order valence-electron chi connectivity index (χ4n) is 2.76. The summed E-state index contributed by atoms with van der Waals surface area (Å²) in [5.41, 5.74) is 0.743. The Balaban J connectivity index is 2.05. The number of carbonyl (C=O) groups is 3. The summed E-state index contributed by atoms with van der Waals surface area (Å²) < 4.78 is 10.8. The van der Waals surface area contributed by atoms with Crippen molar-refractivity contribution >= 4 is 52.2 Å². The topological polar surface area (TPSA) is 105 Å². The van der Waals surface area contributed by atoms with Crippen LogP contribution in [0.15, 0.2) is 23.1 Å². The third-order valence-electron chi connectivity index (χ3n) is 4.39. The molecular formula is C20H24N2O6S2. The van der Waals surface area contributed by atoms with Crippen molar-refractivity contribution in [2.45, 2.75) is 26.3 Å². The Morgan fingerprint density at radius 3 is 2.50 bits per heavy atom. The summed E-state index contributed by atoms with van der Waals surface area (Å²) in [6, 6.07) is 4.30. The van der Waals surface area contributed by atoms with Crippen LogP contribution in [0.25, 0.3) is 6.08 Å². The van der Waals surface area contributed by atoms with Crippen LogP contribution >= 0.6 is 24.0 Å². The quantitative estimate of drug-likeness (QED) is 0.435. The van der Waals surface area contributed by atoms with E-state index in [-0.39, 0.29) is 24.8 Å². The molecule has 0 unspecified atom stereocenters. The number of hydrogen-bond acceptors (Lipinski definition) is 7. The van der Waals surface area contributed by atoms with E-state index in [4.69, 9.17) is 21.7 Å². The van der Waals surface area contributed by atoms with Crippen molar-refractivity contribution in [3.63, 3.8) is 0 Å². The first-order chi connectivity index (χ1) is 14.2. The van der Waals surface area contributed by atoms with E-state index in [1.165, 1.54) is 12.0 Å². The van der Waals surface area contributed by atoms with E-state index in [0.717, 1.165) is 17.3 Å². The van der Waals surface area contributed by atoms with Crippen LogP contribution in [0.5, 0.6) is 11.5 Å². The van der Waals surface area contributed by atoms with Crippen LogP contribution in [0.3, 0.4) is 0 Å². The van der Waals surface area contributed by atoms with Gasteiger partial charge in [0, 0.05) is 13.0 Å². The molecule has 0 aliphatic carbocycles. The van der Waals surface area contributed by atoms with Gasteiger partial charge in [0.05, 0.1) is 19.1 Å². The molecule has 1 aliphatic rings. The number of nitrogens with one attached hydrogen (secondary N) is 1. The summed E-state index contributed by atoms with van der Waals surface area (Å²) in [5.74, 6) is -0.986. The Morgan fingerprint density at radius 1 is 1.27 bits per heavy atom. The zero-order valence-electron chi connectivity index (χ0n) is 17.1. The molecule has 2 N–H and O–H groups in total. The van der Waals surface area contributed by atoms with Gasteiger partial charge in [-0.25, -0.2) is 4.79 Å². The Bertz CT molecular complexity index is 884. The minimum absolute atomic E-state index is 0.0490. The molecule has 1 saturated heterocycles. The van der Waals surface area contributed by atoms with Crippen LogP contribution in [0.4, 0.5) is 0 Å². The van der Waals surface area contributed by atoms with Gasteiger partial charge in [0.1, 0.15) is 10.4 Å². The molecule has 162 valence electrons. The van der Waals surface area contributed by atoms with Gasteiger partial charge in [-0.05, 0) is 29.7 Å². The van der Waals surface area contributed by atoms with E-state index in [1.807, 2.05) is 0 Å². The van der Waals surface area contributed by atoms with E-state index in [1.54, 1.807) is 45.2 Å². The van der Waals surface area contributed by atoms with Crippen molar-refractivity contribution in [3.05, 3.63) is 28.7 Å². The van der Waals surface area contributed by atoms with Gasteiger partial charge < -0.3 is 19.9 Å². The molecule has 1 atom stereocenters. The first kappa shape index (κ1) is 23.7. The summed E-state index contributed by atoms with van der Waals surface area (Å²) in [7, 11) is 3.07. The van der Waals surface area contributed by atoms with E-state index in [0.29, 0.717) is 20.7 Å². The molecule has 2 amide bonds. The van der Waals surface area contributed by atoms with Crippen LogP contribution in [-0.2, 0) is 14.4 Å². The normalized spacial score (nSPS) is 16.2. The maximum Gasteiger partial charge on any atom is 0.326 e. The number of methoxy groups -OCH3 is 2. The van der Waals surface area contributed by atoms with Crippen molar-refractivity contribution < 1.29 is 29.0 Å². The van der Waals surface area contributed by atoms with Crippen molar-refractivity contribution in [2.24, 2.45) is 5.92 Å². The lowest BCUT2D eigenvalue weighted by atomic mass is 10.0. The van der Waals surface area contributed by atoms with Crippen LogP contribution < -0.4 is 14.8 Å². The Morgan fingerprint density at radius 2 is 1.93 bits per heavy atom. The van der Waals surface area contributed by atoms with Crippen molar-refractivity contribution in [3.8, 4) is 11.5 Å². The van der Waals surface area contributed by atoms with Crippen molar-refractivity contribution in [2.75, 3.05) is 20.8 Å². The first-order valence-corrected chi connectivity index (χ1v) is 10.4. The van der Waals surface area contributed by atoms with Crippen molar-refractivity contribution in [1.82, 2.24) is 10.2 Å². The summed E-state index contributed by atoms with van der Waals surface area (Å²) in [6.07, 6.45) is 1.65. The second-order valence-electron chi connectivity index (χ2n) is 6.83. The number of ether oxygens (including phenoxy) is 2.